The number of nitrogens with zero attached hydrogens (tertiary/aromatic N) is 1. The monoisotopic (exact) mass is 365 g/mol. The fourth-order valence-corrected chi connectivity index (χ4v) is 2.58. The van der Waals surface area contributed by atoms with E-state index >= 15 is 0 Å². The summed E-state index contributed by atoms with van der Waals surface area (Å²) in [5.41, 5.74) is 1.06. The Balaban J connectivity index is 2.77. The lowest BCUT2D eigenvalue weighted by atomic mass is 10.1. The Bertz CT molecular complexity index is 573. The lowest BCUT2D eigenvalue weighted by molar-refractivity contribution is -0.141. The van der Waals surface area contributed by atoms with Crippen molar-refractivity contribution >= 4 is 11.9 Å². The summed E-state index contributed by atoms with van der Waals surface area (Å²) in [5, 5.41) is 0. The van der Waals surface area contributed by atoms with Gasteiger partial charge in [-0.3, -0.25) is 9.59 Å². The summed E-state index contributed by atoms with van der Waals surface area (Å²) in [6.45, 7) is 7.89. The second kappa shape index (κ2) is 12.2. The van der Waals surface area contributed by atoms with Gasteiger partial charge in [0.2, 0.25) is 5.91 Å². The first kappa shape index (κ1) is 21.8. The van der Waals surface area contributed by atoms with Crippen LogP contribution in [0.1, 0.15) is 45.6 Å². The summed E-state index contributed by atoms with van der Waals surface area (Å²) in [7, 11) is 1.36. The van der Waals surface area contributed by atoms with Crippen LogP contribution in [-0.2, 0) is 20.7 Å². The fourth-order valence-electron chi connectivity index (χ4n) is 2.58. The molecule has 0 spiro atoms. The van der Waals surface area contributed by atoms with E-state index in [0.717, 1.165) is 17.7 Å². The minimum atomic E-state index is -0.306. The molecule has 0 saturated carbocycles. The van der Waals surface area contributed by atoms with E-state index in [1.165, 1.54) is 7.11 Å². The van der Waals surface area contributed by atoms with Crippen molar-refractivity contribution in [2.24, 2.45) is 0 Å². The smallest absolute Gasteiger partial charge is 0.307 e. The molecule has 0 aromatic heterocycles. The van der Waals surface area contributed by atoms with Crippen LogP contribution in [0.2, 0.25) is 0 Å². The van der Waals surface area contributed by atoms with Crippen LogP contribution >= 0.6 is 0 Å². The molecule has 1 rings (SSSR count). The van der Waals surface area contributed by atoms with Gasteiger partial charge in [-0.25, -0.2) is 0 Å². The minimum Gasteiger partial charge on any atom is -0.490 e. The van der Waals surface area contributed by atoms with Crippen molar-refractivity contribution in [2.45, 2.75) is 46.5 Å². The SMILES string of the molecule is CCCC(=O)N(CCC(=O)OC)CCc1ccc(OCC)c(OCC)c1. The molecule has 0 fully saturated rings. The third-order valence-electron chi connectivity index (χ3n) is 3.91. The molecule has 6 nitrogen and oxygen atoms in total. The Labute approximate surface area is 156 Å². The molecular formula is C20H31NO5. The normalized spacial score (nSPS) is 10.3. The Morgan fingerprint density at radius 2 is 1.65 bits per heavy atom. The van der Waals surface area contributed by atoms with E-state index in [0.29, 0.717) is 44.9 Å². The minimum absolute atomic E-state index is 0.0624. The summed E-state index contributed by atoms with van der Waals surface area (Å²) in [6, 6.07) is 5.84. The zero-order valence-electron chi connectivity index (χ0n) is 16.4. The fraction of sp³-hybridized carbons (Fsp3) is 0.600. The predicted octanol–water partition coefficient (Wildman–Crippen LogP) is 3.22. The molecule has 0 bridgehead atoms. The van der Waals surface area contributed by atoms with Crippen molar-refractivity contribution in [3.05, 3.63) is 23.8 Å². The summed E-state index contributed by atoms with van der Waals surface area (Å²) >= 11 is 0. The number of carbonyl (C=O) groups excluding carboxylic acids is 2. The van der Waals surface area contributed by atoms with Crippen LogP contribution < -0.4 is 9.47 Å². The van der Waals surface area contributed by atoms with Crippen LogP contribution in [0.4, 0.5) is 0 Å². The maximum absolute atomic E-state index is 12.3. The zero-order chi connectivity index (χ0) is 19.4. The first-order chi connectivity index (χ1) is 12.5. The van der Waals surface area contributed by atoms with Crippen LogP contribution in [-0.4, -0.2) is 50.2 Å². The number of amides is 1. The highest BCUT2D eigenvalue weighted by molar-refractivity contribution is 5.77. The standard InChI is InChI=1S/C20H31NO5/c1-5-8-19(22)21(14-12-20(23)24-4)13-11-16-9-10-17(25-6-2)18(15-16)26-7-3/h9-10,15H,5-8,11-14H2,1-4H3. The second-order valence-corrected chi connectivity index (χ2v) is 5.85. The van der Waals surface area contributed by atoms with Crippen LogP contribution in [0.3, 0.4) is 0 Å². The van der Waals surface area contributed by atoms with Gasteiger partial charge in [0.05, 0.1) is 26.7 Å². The van der Waals surface area contributed by atoms with Crippen molar-refractivity contribution in [3.8, 4) is 11.5 Å². The van der Waals surface area contributed by atoms with Crippen molar-refractivity contribution in [1.82, 2.24) is 4.90 Å². The number of hydrogen-bond donors (Lipinski definition) is 0. The third kappa shape index (κ3) is 7.33. The van der Waals surface area contributed by atoms with Crippen molar-refractivity contribution in [2.75, 3.05) is 33.4 Å². The topological polar surface area (TPSA) is 65.1 Å². The highest BCUT2D eigenvalue weighted by atomic mass is 16.5. The largest absolute Gasteiger partial charge is 0.490 e. The van der Waals surface area contributed by atoms with E-state index in [4.69, 9.17) is 9.47 Å². The number of esters is 1. The molecular weight excluding hydrogens is 334 g/mol. The van der Waals surface area contributed by atoms with E-state index in [1.54, 1.807) is 4.90 Å². The van der Waals surface area contributed by atoms with E-state index in [9.17, 15) is 9.59 Å². The van der Waals surface area contributed by atoms with E-state index in [-0.39, 0.29) is 18.3 Å². The van der Waals surface area contributed by atoms with Gasteiger partial charge in [-0.05, 0) is 44.4 Å². The molecule has 0 aliphatic carbocycles. The molecule has 0 radical (unpaired) electrons. The molecule has 146 valence electrons. The van der Waals surface area contributed by atoms with Gasteiger partial charge < -0.3 is 19.1 Å². The molecule has 0 unspecified atom stereocenters. The average molecular weight is 365 g/mol. The van der Waals surface area contributed by atoms with Gasteiger partial charge in [-0.1, -0.05) is 13.0 Å². The molecule has 0 N–H and O–H groups in total. The molecule has 0 heterocycles. The highest BCUT2D eigenvalue weighted by Crippen LogP contribution is 2.28. The number of rotatable bonds is 12. The van der Waals surface area contributed by atoms with Crippen molar-refractivity contribution < 1.29 is 23.8 Å². The second-order valence-electron chi connectivity index (χ2n) is 5.85. The van der Waals surface area contributed by atoms with Gasteiger partial charge in [0.1, 0.15) is 0 Å². The number of ether oxygens (including phenoxy) is 3. The van der Waals surface area contributed by atoms with Gasteiger partial charge >= 0.3 is 5.97 Å². The Hall–Kier alpha value is -2.24. The molecule has 0 saturated heterocycles. The third-order valence-corrected chi connectivity index (χ3v) is 3.91. The highest BCUT2D eigenvalue weighted by Gasteiger charge is 2.15. The first-order valence-corrected chi connectivity index (χ1v) is 9.28. The summed E-state index contributed by atoms with van der Waals surface area (Å²) in [6.07, 6.45) is 2.16. The number of hydrogen-bond acceptors (Lipinski definition) is 5. The lowest BCUT2D eigenvalue weighted by Gasteiger charge is -2.22. The lowest BCUT2D eigenvalue weighted by Crippen LogP contribution is -2.34. The molecule has 1 aromatic rings. The van der Waals surface area contributed by atoms with Gasteiger partial charge in [-0.15, -0.1) is 0 Å². The summed E-state index contributed by atoms with van der Waals surface area (Å²) in [5.74, 6) is 1.20. The van der Waals surface area contributed by atoms with E-state index in [1.807, 2.05) is 39.0 Å². The average Bonchev–Trinajstić information content (AvgIpc) is 2.63. The number of carbonyl (C=O) groups is 2. The molecule has 0 atom stereocenters. The molecule has 1 aromatic carbocycles. The van der Waals surface area contributed by atoms with Crippen LogP contribution in [0.25, 0.3) is 0 Å². The summed E-state index contributed by atoms with van der Waals surface area (Å²) in [4.78, 5) is 25.4. The van der Waals surface area contributed by atoms with Crippen molar-refractivity contribution in [1.29, 1.82) is 0 Å². The quantitative estimate of drug-likeness (QED) is 0.532. The molecule has 26 heavy (non-hydrogen) atoms. The number of methoxy groups -OCH3 is 1. The Morgan fingerprint density at radius 1 is 0.962 bits per heavy atom. The van der Waals surface area contributed by atoms with Gasteiger partial charge in [-0.2, -0.15) is 0 Å². The first-order valence-electron chi connectivity index (χ1n) is 9.28. The van der Waals surface area contributed by atoms with E-state index in [2.05, 4.69) is 4.74 Å². The van der Waals surface area contributed by atoms with Gasteiger partial charge in [0.25, 0.3) is 0 Å². The zero-order valence-corrected chi connectivity index (χ0v) is 16.4. The molecule has 0 aliphatic heterocycles. The van der Waals surface area contributed by atoms with Gasteiger partial charge in [0.15, 0.2) is 11.5 Å². The molecule has 6 heteroatoms. The maximum atomic E-state index is 12.3. The van der Waals surface area contributed by atoms with Crippen LogP contribution in [0.15, 0.2) is 18.2 Å². The number of benzene rings is 1. The van der Waals surface area contributed by atoms with Gasteiger partial charge in [0, 0.05) is 19.5 Å². The Kier molecular flexibility index (Phi) is 10.2. The predicted molar refractivity (Wildman–Crippen MR) is 101 cm³/mol. The van der Waals surface area contributed by atoms with E-state index < -0.39 is 0 Å². The Morgan fingerprint density at radius 3 is 2.27 bits per heavy atom. The molecule has 0 aliphatic rings. The summed E-state index contributed by atoms with van der Waals surface area (Å²) < 4.78 is 15.9. The van der Waals surface area contributed by atoms with Crippen molar-refractivity contribution in [3.63, 3.8) is 0 Å². The van der Waals surface area contributed by atoms with Crippen LogP contribution in [0, 0.1) is 0 Å². The molecule has 1 amide bonds. The van der Waals surface area contributed by atoms with Crippen LogP contribution in [0.5, 0.6) is 11.5 Å². The maximum Gasteiger partial charge on any atom is 0.307 e.